The number of hydrogen-bond acceptors (Lipinski definition) is 5. The molecule has 2 aromatic carbocycles. The van der Waals surface area contributed by atoms with Gasteiger partial charge in [0, 0.05) is 11.0 Å². The number of carbonyl (C=O) groups excluding carboxylic acids is 1. The second-order valence-electron chi connectivity index (χ2n) is 6.24. The van der Waals surface area contributed by atoms with Crippen LogP contribution in [0.25, 0.3) is 0 Å². The Balaban J connectivity index is 1.57. The highest BCUT2D eigenvalue weighted by atomic mass is 35.5. The number of alkyl halides is 1. The van der Waals surface area contributed by atoms with E-state index in [0.717, 1.165) is 16.9 Å². The van der Waals surface area contributed by atoms with E-state index in [1.54, 1.807) is 23.9 Å². The normalized spacial score (nSPS) is 28.8. The zero-order chi connectivity index (χ0) is 17.9. The first kappa shape index (κ1) is 15.9. The Kier molecular flexibility index (Phi) is 3.42. The van der Waals surface area contributed by atoms with E-state index in [2.05, 4.69) is 0 Å². The van der Waals surface area contributed by atoms with Gasteiger partial charge in [0.25, 0.3) is 11.6 Å². The van der Waals surface area contributed by atoms with Gasteiger partial charge in [0.05, 0.1) is 7.11 Å². The molecule has 0 spiro atoms. The zero-order valence-corrected chi connectivity index (χ0v) is 15.4. The molecule has 0 radical (unpaired) electrons. The first-order valence-electron chi connectivity index (χ1n) is 8.18. The molecule has 3 aliphatic rings. The summed E-state index contributed by atoms with van der Waals surface area (Å²) in [4.78, 5) is 12.7. The molecule has 3 atom stereocenters. The molecule has 5 rings (SSSR count). The number of ether oxygens (including phenoxy) is 2. The molecular formula is C19H15ClN2O3S. The average Bonchev–Trinajstić information content (AvgIpc) is 3.23. The van der Waals surface area contributed by atoms with E-state index in [9.17, 15) is 4.79 Å². The van der Waals surface area contributed by atoms with Crippen molar-refractivity contribution in [1.82, 2.24) is 10.0 Å². The van der Waals surface area contributed by atoms with Crippen molar-refractivity contribution in [2.24, 2.45) is 0 Å². The van der Waals surface area contributed by atoms with Gasteiger partial charge < -0.3 is 9.47 Å². The van der Waals surface area contributed by atoms with Gasteiger partial charge in [-0.2, -0.15) is 5.01 Å². The second-order valence-corrected chi connectivity index (χ2v) is 7.63. The fraction of sp³-hybridized carbons (Fsp3) is 0.211. The molecular weight excluding hydrogens is 372 g/mol. The highest BCUT2D eigenvalue weighted by Gasteiger charge is 2.72. The van der Waals surface area contributed by atoms with Crippen molar-refractivity contribution in [3.63, 3.8) is 0 Å². The first-order valence-corrected chi connectivity index (χ1v) is 9.56. The quantitative estimate of drug-likeness (QED) is 0.593. The van der Waals surface area contributed by atoms with Crippen molar-refractivity contribution in [1.29, 1.82) is 0 Å². The largest absolute Gasteiger partial charge is 0.497 e. The van der Waals surface area contributed by atoms with E-state index in [1.165, 1.54) is 0 Å². The average molecular weight is 387 g/mol. The Bertz CT molecular complexity index is 905. The first-order chi connectivity index (χ1) is 12.7. The van der Waals surface area contributed by atoms with Crippen molar-refractivity contribution < 1.29 is 14.3 Å². The highest BCUT2D eigenvalue weighted by Crippen LogP contribution is 2.60. The lowest BCUT2D eigenvalue weighted by Gasteiger charge is -2.50. The highest BCUT2D eigenvalue weighted by molar-refractivity contribution is 8.02. The third-order valence-electron chi connectivity index (χ3n) is 4.89. The van der Waals surface area contributed by atoms with Crippen LogP contribution in [0.15, 0.2) is 65.9 Å². The summed E-state index contributed by atoms with van der Waals surface area (Å²) in [6.45, 7) is 0. The number of methoxy groups -OCH3 is 1. The number of amides is 1. The number of hydrazine groups is 1. The van der Waals surface area contributed by atoms with Gasteiger partial charge in [-0.3, -0.25) is 4.79 Å². The lowest BCUT2D eigenvalue weighted by Crippen LogP contribution is -2.70. The minimum absolute atomic E-state index is 0.0561. The molecule has 5 nitrogen and oxygen atoms in total. The van der Waals surface area contributed by atoms with E-state index >= 15 is 0 Å². The fourth-order valence-electron chi connectivity index (χ4n) is 3.62. The maximum absolute atomic E-state index is 12.7. The predicted octanol–water partition coefficient (Wildman–Crippen LogP) is 3.79. The molecule has 0 bridgehead atoms. The van der Waals surface area contributed by atoms with Gasteiger partial charge >= 0.3 is 0 Å². The van der Waals surface area contributed by atoms with Crippen LogP contribution < -0.4 is 4.74 Å². The van der Waals surface area contributed by atoms with Crippen LogP contribution in [0.4, 0.5) is 0 Å². The SMILES string of the molecule is COc1ccc([C@]23OC4=CS[C@@H](c5ccccc5)N4N2C(=O)[C@H]3Cl)cc1. The maximum atomic E-state index is 12.7. The minimum atomic E-state index is -1.01. The maximum Gasteiger partial charge on any atom is 0.269 e. The van der Waals surface area contributed by atoms with Gasteiger partial charge in [0.15, 0.2) is 5.38 Å². The molecule has 7 heteroatoms. The number of rotatable bonds is 3. The number of fused-ring (bicyclic) bond motifs is 3. The van der Waals surface area contributed by atoms with Crippen LogP contribution in [0, 0.1) is 0 Å². The second kappa shape index (κ2) is 5.59. The molecule has 0 saturated carbocycles. The van der Waals surface area contributed by atoms with E-state index in [4.69, 9.17) is 21.1 Å². The summed E-state index contributed by atoms with van der Waals surface area (Å²) >= 11 is 8.08. The van der Waals surface area contributed by atoms with Crippen molar-refractivity contribution in [3.05, 3.63) is 77.0 Å². The third kappa shape index (κ3) is 1.91. The molecule has 0 unspecified atom stereocenters. The van der Waals surface area contributed by atoms with Gasteiger partial charge in [-0.05, 0) is 29.8 Å². The number of carbonyl (C=O) groups is 1. The minimum Gasteiger partial charge on any atom is -0.497 e. The van der Waals surface area contributed by atoms with Crippen LogP contribution in [-0.2, 0) is 15.3 Å². The summed E-state index contributed by atoms with van der Waals surface area (Å²) in [7, 11) is 1.62. The lowest BCUT2D eigenvalue weighted by atomic mass is 9.90. The molecule has 3 aliphatic heterocycles. The van der Waals surface area contributed by atoms with E-state index < -0.39 is 11.1 Å². The molecule has 0 aromatic heterocycles. The molecule has 2 fully saturated rings. The van der Waals surface area contributed by atoms with Gasteiger partial charge in [0.2, 0.25) is 5.88 Å². The molecule has 2 aromatic rings. The monoisotopic (exact) mass is 386 g/mol. The summed E-state index contributed by atoms with van der Waals surface area (Å²) < 4.78 is 11.5. The molecule has 1 amide bonds. The zero-order valence-electron chi connectivity index (χ0n) is 13.8. The summed E-state index contributed by atoms with van der Waals surface area (Å²) in [6, 6.07) is 17.5. The van der Waals surface area contributed by atoms with E-state index in [-0.39, 0.29) is 11.3 Å². The van der Waals surface area contributed by atoms with Crippen LogP contribution in [0.2, 0.25) is 0 Å². The Labute approximate surface area is 160 Å². The topological polar surface area (TPSA) is 42.0 Å². The number of hydrogen-bond donors (Lipinski definition) is 0. The van der Waals surface area contributed by atoms with Crippen molar-refractivity contribution in [3.8, 4) is 5.75 Å². The summed E-state index contributed by atoms with van der Waals surface area (Å²) in [5.74, 6) is 1.23. The molecule has 0 N–H and O–H groups in total. The Morgan fingerprint density at radius 1 is 1.15 bits per heavy atom. The van der Waals surface area contributed by atoms with Crippen LogP contribution in [-0.4, -0.2) is 28.4 Å². The van der Waals surface area contributed by atoms with Crippen molar-refractivity contribution >= 4 is 29.3 Å². The van der Waals surface area contributed by atoms with Gasteiger partial charge in [-0.1, -0.05) is 42.1 Å². The standard InChI is InChI=1S/C19H15ClN2O3S/c1-24-14-9-7-13(8-10-14)19-16(20)17(23)22(19)21-15(25-19)11-26-18(21)12-5-3-2-4-6-12/h2-11,16,18H,1H3/t16-,18+,19-/m1/s1. The molecule has 132 valence electrons. The van der Waals surface area contributed by atoms with Crippen LogP contribution in [0.3, 0.4) is 0 Å². The summed E-state index contributed by atoms with van der Waals surface area (Å²) in [6.07, 6.45) is 0. The number of thioether (sulfide) groups is 1. The molecule has 3 heterocycles. The molecule has 0 aliphatic carbocycles. The summed E-state index contributed by atoms with van der Waals surface area (Å²) in [5, 5.41) is 4.67. The summed E-state index contributed by atoms with van der Waals surface area (Å²) in [5.41, 5.74) is 0.916. The number of β-lactam (4-membered cyclic amide) rings is 1. The lowest BCUT2D eigenvalue weighted by molar-refractivity contribution is -0.206. The number of benzene rings is 2. The van der Waals surface area contributed by atoms with E-state index in [1.807, 2.05) is 65.0 Å². The fourth-order valence-corrected chi connectivity index (χ4v) is 5.00. The Morgan fingerprint density at radius 3 is 2.58 bits per heavy atom. The van der Waals surface area contributed by atoms with Crippen molar-refractivity contribution in [2.75, 3.05) is 7.11 Å². The smallest absolute Gasteiger partial charge is 0.269 e. The molecule has 2 saturated heterocycles. The van der Waals surface area contributed by atoms with Gasteiger partial charge in [0.1, 0.15) is 11.1 Å². The van der Waals surface area contributed by atoms with Crippen LogP contribution in [0.5, 0.6) is 5.75 Å². The van der Waals surface area contributed by atoms with Crippen LogP contribution in [0.1, 0.15) is 16.5 Å². The van der Waals surface area contributed by atoms with Gasteiger partial charge in [-0.25, -0.2) is 5.01 Å². The number of nitrogens with zero attached hydrogens (tertiary/aromatic N) is 2. The van der Waals surface area contributed by atoms with E-state index in [0.29, 0.717) is 5.88 Å². The van der Waals surface area contributed by atoms with Crippen molar-refractivity contribution in [2.45, 2.75) is 16.5 Å². The van der Waals surface area contributed by atoms with Crippen LogP contribution >= 0.6 is 23.4 Å². The third-order valence-corrected chi connectivity index (χ3v) is 6.44. The Morgan fingerprint density at radius 2 is 1.88 bits per heavy atom. The predicted molar refractivity (Wildman–Crippen MR) is 98.9 cm³/mol. The molecule has 26 heavy (non-hydrogen) atoms. The Hall–Kier alpha value is -2.31. The van der Waals surface area contributed by atoms with Gasteiger partial charge in [-0.15, -0.1) is 11.6 Å². The number of halogens is 1.